The topological polar surface area (TPSA) is 116 Å². The van der Waals surface area contributed by atoms with E-state index in [1.807, 2.05) is 0 Å². The van der Waals surface area contributed by atoms with Crippen molar-refractivity contribution in [2.45, 2.75) is 6.17 Å². The quantitative estimate of drug-likeness (QED) is 0.252. The summed E-state index contributed by atoms with van der Waals surface area (Å²) in [5, 5.41) is 19.9. The van der Waals surface area contributed by atoms with E-state index in [-0.39, 0.29) is 0 Å². The normalized spacial score (nSPS) is 15.3. The minimum absolute atomic E-state index is 1.68. The first-order valence-corrected chi connectivity index (χ1v) is 5.61. The number of hydrogen-bond donors (Lipinski definition) is 0. The molecule has 114 valence electrons. The third-order valence-corrected chi connectivity index (χ3v) is 2.04. The van der Waals surface area contributed by atoms with Gasteiger partial charge in [0, 0.05) is 4.53 Å². The maximum absolute atomic E-state index is 12.1. The average Bonchev–Trinajstić information content (AvgIpc) is 2.11. The van der Waals surface area contributed by atoms with Gasteiger partial charge in [-0.2, -0.15) is 0 Å². The highest BCUT2D eigenvalue weighted by Crippen LogP contribution is 2.99. The maximum atomic E-state index is 12.1. The molecular weight excluding hydrogens is 320 g/mol. The summed E-state index contributed by atoms with van der Waals surface area (Å²) < 4.78 is 70.2. The lowest BCUT2D eigenvalue weighted by molar-refractivity contribution is -0.743. The third kappa shape index (κ3) is 5.02. The molecule has 0 aliphatic rings. The first kappa shape index (κ1) is 17.0. The summed E-state index contributed by atoms with van der Waals surface area (Å²) in [7, 11) is -11.0. The Balaban J connectivity index is 4.84. The van der Waals surface area contributed by atoms with Gasteiger partial charge in [-0.3, -0.25) is 20.2 Å². The van der Waals surface area contributed by atoms with Gasteiger partial charge in [0.25, 0.3) is 0 Å². The predicted molar refractivity (Wildman–Crippen MR) is 45.2 cm³/mol. The van der Waals surface area contributed by atoms with E-state index < -0.39 is 43.6 Å². The third-order valence-electron chi connectivity index (χ3n) is 1.29. The largest absolute Gasteiger partial charge is 0.483 e. The van der Waals surface area contributed by atoms with Crippen LogP contribution in [-0.4, -0.2) is 33.2 Å². The van der Waals surface area contributed by atoms with Gasteiger partial charge in [-0.1, -0.05) is 23.9 Å². The van der Waals surface area contributed by atoms with Crippen molar-refractivity contribution in [3.05, 3.63) is 20.2 Å². The van der Waals surface area contributed by atoms with Crippen LogP contribution in [0.25, 0.3) is 0 Å². The van der Waals surface area contributed by atoms with Crippen LogP contribution in [0.3, 0.4) is 0 Å². The van der Waals surface area contributed by atoms with Gasteiger partial charge in [0.05, 0.1) is 9.85 Å². The summed E-state index contributed by atoms with van der Waals surface area (Å²) in [6, 6.07) is 0. The molecular formula is C3H3F6N3O6S. The van der Waals surface area contributed by atoms with Crippen molar-refractivity contribution >= 4 is 16.5 Å². The van der Waals surface area contributed by atoms with Gasteiger partial charge < -0.3 is 4.74 Å². The monoisotopic (exact) mass is 323 g/mol. The Morgan fingerprint density at radius 1 is 1.16 bits per heavy atom. The lowest BCUT2D eigenvalue weighted by atomic mass is 10.6. The Bertz CT molecular complexity index is 409. The molecule has 0 aromatic rings. The second kappa shape index (κ2) is 4.00. The number of carbonyl (C=O) groups is 1. The molecule has 0 aliphatic heterocycles. The fraction of sp³-hybridized carbons (Fsp3) is 0.667. The van der Waals surface area contributed by atoms with Crippen molar-refractivity contribution in [1.82, 2.24) is 4.53 Å². The number of hydrogen-bond acceptors (Lipinski definition) is 6. The number of halogens is 6. The smallest absolute Gasteiger partial charge is 0.431 e. The molecule has 0 saturated heterocycles. The number of ether oxygens (including phenoxy) is 1. The molecule has 0 aromatic carbocycles. The lowest BCUT2D eigenvalue weighted by Crippen LogP contribution is -2.38. The van der Waals surface area contributed by atoms with Crippen LogP contribution >= 0.6 is 10.4 Å². The summed E-state index contributed by atoms with van der Waals surface area (Å²) in [5.41, 5.74) is 0. The highest BCUT2D eigenvalue weighted by atomic mass is 32.5. The SMILES string of the molecule is O=C(OCC([N+](=O)[O-])[N+](=O)[O-])N(F)S(F)(F)(F)(F)F. The lowest BCUT2D eigenvalue weighted by Gasteiger charge is -2.41. The highest BCUT2D eigenvalue weighted by molar-refractivity contribution is 8.44. The van der Waals surface area contributed by atoms with E-state index in [1.165, 1.54) is 0 Å². The summed E-state index contributed by atoms with van der Waals surface area (Å²) in [6.45, 7) is -1.97. The first-order chi connectivity index (χ1) is 8.06. The van der Waals surface area contributed by atoms with E-state index in [2.05, 4.69) is 4.74 Å². The second-order valence-corrected chi connectivity index (χ2v) is 4.98. The highest BCUT2D eigenvalue weighted by Gasteiger charge is 2.74. The van der Waals surface area contributed by atoms with Gasteiger partial charge in [-0.05, 0) is 0 Å². The van der Waals surface area contributed by atoms with Gasteiger partial charge in [-0.25, -0.2) is 4.79 Å². The summed E-state index contributed by atoms with van der Waals surface area (Å²) >= 11 is 0. The van der Waals surface area contributed by atoms with Crippen LogP contribution in [0.1, 0.15) is 0 Å². The number of rotatable bonds is 5. The maximum Gasteiger partial charge on any atom is 0.483 e. The zero-order valence-electron chi connectivity index (χ0n) is 8.25. The van der Waals surface area contributed by atoms with Crippen molar-refractivity contribution in [3.8, 4) is 0 Å². The summed E-state index contributed by atoms with van der Waals surface area (Å²) in [5.74, 6) is 0. The van der Waals surface area contributed by atoms with E-state index in [9.17, 15) is 48.9 Å². The molecule has 0 aromatic heterocycles. The minimum Gasteiger partial charge on any atom is -0.431 e. The van der Waals surface area contributed by atoms with E-state index in [0.717, 1.165) is 0 Å². The average molecular weight is 323 g/mol. The summed E-state index contributed by atoms with van der Waals surface area (Å²) in [4.78, 5) is 26.8. The van der Waals surface area contributed by atoms with Crippen molar-refractivity contribution < 1.29 is 43.3 Å². The van der Waals surface area contributed by atoms with Gasteiger partial charge in [0.1, 0.15) is 0 Å². The van der Waals surface area contributed by atoms with E-state index >= 15 is 0 Å². The predicted octanol–water partition coefficient (Wildman–Crippen LogP) is 2.40. The molecule has 0 rings (SSSR count). The molecule has 0 spiro atoms. The van der Waals surface area contributed by atoms with Crippen LogP contribution in [-0.2, 0) is 4.74 Å². The molecule has 19 heavy (non-hydrogen) atoms. The van der Waals surface area contributed by atoms with Gasteiger partial charge in [0.2, 0.25) is 6.61 Å². The van der Waals surface area contributed by atoms with Crippen molar-refractivity contribution in [3.63, 3.8) is 0 Å². The van der Waals surface area contributed by atoms with Gasteiger partial charge in [-0.15, -0.1) is 0 Å². The molecule has 0 fully saturated rings. The van der Waals surface area contributed by atoms with Crippen LogP contribution in [0.2, 0.25) is 0 Å². The van der Waals surface area contributed by atoms with Crippen LogP contribution in [0, 0.1) is 20.2 Å². The molecule has 16 heteroatoms. The Morgan fingerprint density at radius 3 is 1.79 bits per heavy atom. The fourth-order valence-electron chi connectivity index (χ4n) is 0.536. The Labute approximate surface area is 98.3 Å². The second-order valence-electron chi connectivity index (χ2n) is 2.80. The van der Waals surface area contributed by atoms with Crippen LogP contribution in [0.4, 0.5) is 28.7 Å². The zero-order valence-corrected chi connectivity index (χ0v) is 9.07. The Morgan fingerprint density at radius 2 is 1.53 bits per heavy atom. The van der Waals surface area contributed by atoms with Crippen molar-refractivity contribution in [1.29, 1.82) is 0 Å². The number of nitrogens with zero attached hydrogens (tertiary/aromatic N) is 3. The van der Waals surface area contributed by atoms with Crippen LogP contribution < -0.4 is 0 Å². The van der Waals surface area contributed by atoms with Crippen LogP contribution in [0.5, 0.6) is 0 Å². The van der Waals surface area contributed by atoms with E-state index in [1.54, 1.807) is 0 Å². The van der Waals surface area contributed by atoms with E-state index in [0.29, 0.717) is 0 Å². The van der Waals surface area contributed by atoms with Gasteiger partial charge >= 0.3 is 22.7 Å². The summed E-state index contributed by atoms with van der Waals surface area (Å²) in [6.07, 6.45) is -6.27. The van der Waals surface area contributed by atoms with Crippen molar-refractivity contribution in [2.24, 2.45) is 0 Å². The standard InChI is InChI=1S/C3H3F6N3O6S/c4-10(19(5,6,7,8)9)3(13)18-1-2(11(14)15)12(16)17/h2H,1H2. The molecule has 0 aliphatic carbocycles. The molecule has 0 heterocycles. The Hall–Kier alpha value is -2.00. The molecule has 9 nitrogen and oxygen atoms in total. The number of carbonyl (C=O) groups excluding carboxylic acids is 1. The first-order valence-electron chi connectivity index (χ1n) is 3.70. The molecule has 0 saturated carbocycles. The van der Waals surface area contributed by atoms with Crippen molar-refractivity contribution in [2.75, 3.05) is 6.61 Å². The minimum atomic E-state index is -11.0. The molecule has 0 atom stereocenters. The van der Waals surface area contributed by atoms with E-state index in [4.69, 9.17) is 0 Å². The Kier molecular flexibility index (Phi) is 3.58. The zero-order chi connectivity index (χ0) is 15.7. The molecule has 0 unspecified atom stereocenters. The fourth-order valence-corrected chi connectivity index (χ4v) is 0.871. The number of nitro groups is 2. The van der Waals surface area contributed by atoms with Gasteiger partial charge in [0.15, 0.2) is 0 Å². The molecule has 1 amide bonds. The number of amides is 1. The molecule has 0 bridgehead atoms. The molecule has 0 N–H and O–H groups in total. The molecule has 0 radical (unpaired) electrons. The van der Waals surface area contributed by atoms with Crippen LogP contribution in [0.15, 0.2) is 0 Å².